The summed E-state index contributed by atoms with van der Waals surface area (Å²) in [6, 6.07) is 19.0. The van der Waals surface area contributed by atoms with E-state index in [1.54, 1.807) is 30.3 Å². The van der Waals surface area contributed by atoms with E-state index in [0.717, 1.165) is 34.0 Å². The predicted octanol–water partition coefficient (Wildman–Crippen LogP) is 4.76. The fourth-order valence-electron chi connectivity index (χ4n) is 5.19. The number of carbonyl (C=O) groups excluding carboxylic acids is 2. The van der Waals surface area contributed by atoms with Crippen LogP contribution < -0.4 is 9.62 Å². The summed E-state index contributed by atoms with van der Waals surface area (Å²) in [5.41, 5.74) is -0.865. The van der Waals surface area contributed by atoms with Gasteiger partial charge in [-0.3, -0.25) is 14.5 Å². The molecule has 5 rings (SSSR count). The van der Waals surface area contributed by atoms with Gasteiger partial charge in [0.05, 0.1) is 58.9 Å². The Morgan fingerprint density at radius 2 is 1.70 bits per heavy atom. The van der Waals surface area contributed by atoms with Gasteiger partial charge in [-0.25, -0.2) is 17.8 Å². The van der Waals surface area contributed by atoms with Gasteiger partial charge in [0.2, 0.25) is 15.9 Å². The number of ketones is 1. The lowest BCUT2D eigenvalue weighted by Crippen LogP contribution is -2.43. The highest BCUT2D eigenvalue weighted by Crippen LogP contribution is 2.40. The number of allylic oxidation sites excluding steroid dienone is 2. The Hall–Kier alpha value is -5.10. The topological polar surface area (TPSA) is 145 Å². The fourth-order valence-corrected chi connectivity index (χ4v) is 6.53. The molecular formula is C32H26F3N5O5S. The summed E-state index contributed by atoms with van der Waals surface area (Å²) in [5.74, 6) is -2.99. The zero-order valence-corrected chi connectivity index (χ0v) is 25.2. The number of Topliss-reactive ketones (excluding diaryl/α,β-unsaturated/α-hetero) is 1. The van der Waals surface area contributed by atoms with E-state index in [2.05, 4.69) is 9.82 Å². The van der Waals surface area contributed by atoms with Crippen LogP contribution in [0.4, 0.5) is 18.9 Å². The molecule has 0 spiro atoms. The van der Waals surface area contributed by atoms with Gasteiger partial charge >= 0.3 is 6.18 Å². The number of nitrogens with one attached hydrogen (secondary N) is 1. The van der Waals surface area contributed by atoms with Crippen LogP contribution in [-0.4, -0.2) is 41.6 Å². The highest BCUT2D eigenvalue weighted by molar-refractivity contribution is 7.89. The van der Waals surface area contributed by atoms with Crippen LogP contribution in [0.25, 0.3) is 11.3 Å². The number of aliphatic hydroxyl groups excluding tert-OH is 1. The van der Waals surface area contributed by atoms with Crippen LogP contribution in [0.15, 0.2) is 95.7 Å². The third-order valence-corrected chi connectivity index (χ3v) is 9.02. The van der Waals surface area contributed by atoms with Gasteiger partial charge in [-0.2, -0.15) is 23.5 Å². The molecule has 2 N–H and O–H groups in total. The summed E-state index contributed by atoms with van der Waals surface area (Å²) in [6.45, 7) is 2.00. The Morgan fingerprint density at radius 1 is 1.02 bits per heavy atom. The van der Waals surface area contributed by atoms with Crippen molar-refractivity contribution in [3.8, 4) is 11.8 Å². The van der Waals surface area contributed by atoms with Crippen molar-refractivity contribution in [2.24, 2.45) is 5.92 Å². The number of amides is 1. The molecule has 2 heterocycles. The third-order valence-electron chi connectivity index (χ3n) is 7.54. The Kier molecular flexibility index (Phi) is 8.68. The number of sulfonamides is 1. The van der Waals surface area contributed by atoms with Crippen LogP contribution in [0.5, 0.6) is 0 Å². The molecule has 0 fully saturated rings. The van der Waals surface area contributed by atoms with E-state index in [1.807, 2.05) is 6.07 Å². The van der Waals surface area contributed by atoms with Gasteiger partial charge < -0.3 is 5.11 Å². The molecule has 4 aromatic rings. The van der Waals surface area contributed by atoms with Crippen molar-refractivity contribution in [2.75, 3.05) is 11.5 Å². The Morgan fingerprint density at radius 3 is 2.30 bits per heavy atom. The van der Waals surface area contributed by atoms with Gasteiger partial charge in [-0.15, -0.1) is 0 Å². The normalized spacial score (nSPS) is 16.5. The van der Waals surface area contributed by atoms with Gasteiger partial charge in [-0.1, -0.05) is 36.4 Å². The maximum Gasteiger partial charge on any atom is 0.416 e. The molecule has 236 valence electrons. The molecule has 1 unspecified atom stereocenters. The van der Waals surface area contributed by atoms with E-state index in [9.17, 15) is 41.5 Å². The molecule has 1 aliphatic rings. The zero-order valence-electron chi connectivity index (χ0n) is 24.4. The number of benzene rings is 3. The summed E-state index contributed by atoms with van der Waals surface area (Å²) < 4.78 is 72.4. The molecule has 0 bridgehead atoms. The summed E-state index contributed by atoms with van der Waals surface area (Å²) >= 11 is 0. The maximum atomic E-state index is 14.0. The smallest absolute Gasteiger partial charge is 0.394 e. The van der Waals surface area contributed by atoms with Crippen LogP contribution >= 0.6 is 0 Å². The number of nitrogens with zero attached hydrogens (tertiary/aromatic N) is 4. The monoisotopic (exact) mass is 649 g/mol. The van der Waals surface area contributed by atoms with E-state index in [1.165, 1.54) is 44.2 Å². The van der Waals surface area contributed by atoms with Crippen LogP contribution in [0.1, 0.15) is 42.3 Å². The number of hydrogen-bond donors (Lipinski definition) is 2. The third kappa shape index (κ3) is 5.95. The average molecular weight is 650 g/mol. The zero-order chi connectivity index (χ0) is 33.4. The quantitative estimate of drug-likeness (QED) is 0.262. The van der Waals surface area contributed by atoms with Crippen molar-refractivity contribution in [1.29, 1.82) is 5.26 Å². The minimum atomic E-state index is -4.72. The van der Waals surface area contributed by atoms with Crippen LogP contribution in [-0.2, 0) is 25.8 Å². The second-order valence-corrected chi connectivity index (χ2v) is 12.1. The summed E-state index contributed by atoms with van der Waals surface area (Å²) in [7, 11) is -4.57. The molecule has 1 aliphatic heterocycles. The average Bonchev–Trinajstić information content (AvgIpc) is 3.49. The minimum absolute atomic E-state index is 0.124. The van der Waals surface area contributed by atoms with E-state index in [0.29, 0.717) is 11.1 Å². The maximum absolute atomic E-state index is 14.0. The number of carbonyl (C=O) groups is 2. The lowest BCUT2D eigenvalue weighted by atomic mass is 9.89. The lowest BCUT2D eigenvalue weighted by molar-refractivity contribution is -0.137. The Balaban J connectivity index is 1.75. The number of aromatic nitrogens is 2. The first-order valence-electron chi connectivity index (χ1n) is 13.8. The molecule has 0 saturated heterocycles. The van der Waals surface area contributed by atoms with Crippen LogP contribution in [0.3, 0.4) is 0 Å². The minimum Gasteiger partial charge on any atom is -0.394 e. The van der Waals surface area contributed by atoms with Gasteiger partial charge in [0.15, 0.2) is 5.78 Å². The molecule has 0 saturated carbocycles. The van der Waals surface area contributed by atoms with Gasteiger partial charge in [-0.05, 0) is 61.9 Å². The largest absolute Gasteiger partial charge is 0.416 e. The second kappa shape index (κ2) is 12.4. The molecule has 46 heavy (non-hydrogen) atoms. The summed E-state index contributed by atoms with van der Waals surface area (Å²) in [4.78, 5) is 27.8. The molecule has 0 radical (unpaired) electrons. The Labute approximate surface area is 262 Å². The number of rotatable bonds is 8. The van der Waals surface area contributed by atoms with E-state index in [4.69, 9.17) is 0 Å². The summed E-state index contributed by atoms with van der Waals surface area (Å²) in [5, 5.41) is 23.6. The summed E-state index contributed by atoms with van der Waals surface area (Å²) in [6.07, 6.45) is -3.72. The predicted molar refractivity (Wildman–Crippen MR) is 161 cm³/mol. The lowest BCUT2D eigenvalue weighted by Gasteiger charge is -2.33. The van der Waals surface area contributed by atoms with Gasteiger partial charge in [0.25, 0.3) is 0 Å². The molecular weight excluding hydrogens is 623 g/mol. The van der Waals surface area contributed by atoms with Crippen molar-refractivity contribution in [1.82, 2.24) is 14.5 Å². The highest BCUT2D eigenvalue weighted by atomic mass is 32.2. The molecule has 10 nitrogen and oxygen atoms in total. The molecule has 1 aromatic heterocycles. The molecule has 2 atom stereocenters. The van der Waals surface area contributed by atoms with Crippen molar-refractivity contribution in [3.63, 3.8) is 0 Å². The second-order valence-electron chi connectivity index (χ2n) is 10.5. The van der Waals surface area contributed by atoms with Crippen LogP contribution in [0, 0.1) is 17.2 Å². The first-order valence-corrected chi connectivity index (χ1v) is 15.3. The number of aliphatic hydroxyl groups is 1. The Bertz CT molecular complexity index is 2000. The number of halogens is 3. The number of anilines is 1. The number of alkyl halides is 3. The van der Waals surface area contributed by atoms with Crippen molar-refractivity contribution in [3.05, 3.63) is 113 Å². The molecule has 1 amide bonds. The first-order chi connectivity index (χ1) is 21.8. The van der Waals surface area contributed by atoms with Gasteiger partial charge in [0.1, 0.15) is 4.90 Å². The molecule has 14 heteroatoms. The van der Waals surface area contributed by atoms with E-state index in [-0.39, 0.29) is 28.3 Å². The van der Waals surface area contributed by atoms with E-state index >= 15 is 0 Å². The molecule has 0 aliphatic carbocycles. The van der Waals surface area contributed by atoms with Crippen molar-refractivity contribution >= 4 is 33.0 Å². The first kappa shape index (κ1) is 32.3. The SMILES string of the molecule is CC1=C(c2c(S(=O)(=O)N[C@H](CO)c3ccccc3)cnn2-c2ccc(C#N)cc2)C(=O)C(C)C(=O)N1c1cccc(C(F)(F)F)c1. The van der Waals surface area contributed by atoms with Gasteiger partial charge in [0, 0.05) is 11.4 Å². The van der Waals surface area contributed by atoms with Crippen molar-refractivity contribution < 1.29 is 36.3 Å². The number of hydrogen-bond acceptors (Lipinski definition) is 7. The number of nitriles is 1. The highest BCUT2D eigenvalue weighted by Gasteiger charge is 2.42. The standard InChI is InChI=1S/C32H26F3N5O5S/c1-19-30(42)28(20(2)39(31(19)43)25-10-6-9-23(15-25)32(33,34)35)29-27(17-37-40(29)24-13-11-21(16-36)12-14-24)46(44,45)38-26(18-41)22-7-4-3-5-8-22/h3-15,17,19,26,38,41H,18H2,1-2H3/t19?,26-/m1/s1. The van der Waals surface area contributed by atoms with Crippen molar-refractivity contribution in [2.45, 2.75) is 31.0 Å². The molecule has 3 aromatic carbocycles. The van der Waals surface area contributed by atoms with Crippen LogP contribution in [0.2, 0.25) is 0 Å². The fraction of sp³-hybridized carbons (Fsp3) is 0.188. The van der Waals surface area contributed by atoms with E-state index < -0.39 is 56.9 Å².